The maximum Gasteiger partial charge on any atom is 0.260 e. The van der Waals surface area contributed by atoms with E-state index in [0.717, 1.165) is 24.2 Å². The number of aryl methyl sites for hydroxylation is 1. The zero-order valence-corrected chi connectivity index (χ0v) is 11.3. The van der Waals surface area contributed by atoms with Crippen LogP contribution in [0.25, 0.3) is 0 Å². The molecule has 0 aliphatic heterocycles. The van der Waals surface area contributed by atoms with Gasteiger partial charge in [0.15, 0.2) is 6.61 Å². The van der Waals surface area contributed by atoms with Gasteiger partial charge in [-0.3, -0.25) is 4.79 Å². The van der Waals surface area contributed by atoms with Crippen molar-refractivity contribution < 1.29 is 9.53 Å². The molecule has 1 saturated carbocycles. The van der Waals surface area contributed by atoms with Gasteiger partial charge in [-0.2, -0.15) is 0 Å². The topological polar surface area (TPSA) is 29.5 Å². The summed E-state index contributed by atoms with van der Waals surface area (Å²) in [6.45, 7) is 6.27. The first-order valence-electron chi connectivity index (χ1n) is 6.58. The van der Waals surface area contributed by atoms with E-state index >= 15 is 0 Å². The van der Waals surface area contributed by atoms with Crippen LogP contribution in [0.4, 0.5) is 0 Å². The Morgan fingerprint density at radius 1 is 1.44 bits per heavy atom. The van der Waals surface area contributed by atoms with Crippen LogP contribution in [0.2, 0.25) is 0 Å². The predicted molar refractivity (Wildman–Crippen MR) is 71.7 cm³/mol. The molecule has 0 unspecified atom stereocenters. The van der Waals surface area contributed by atoms with E-state index in [1.54, 1.807) is 0 Å². The fraction of sp³-hybridized carbons (Fsp3) is 0.533. The second-order valence-electron chi connectivity index (χ2n) is 5.23. The van der Waals surface area contributed by atoms with Gasteiger partial charge < -0.3 is 9.64 Å². The highest BCUT2D eigenvalue weighted by Gasteiger charge is 2.34. The molecule has 0 radical (unpaired) electrons. The Labute approximate surface area is 109 Å². The molecule has 0 spiro atoms. The number of nitrogens with zero attached hydrogens (tertiary/aromatic N) is 1. The summed E-state index contributed by atoms with van der Waals surface area (Å²) in [6.07, 6.45) is 2.27. The van der Waals surface area contributed by atoms with Crippen LogP contribution in [-0.2, 0) is 4.79 Å². The van der Waals surface area contributed by atoms with Gasteiger partial charge in [-0.1, -0.05) is 12.1 Å². The predicted octanol–water partition coefficient (Wildman–Crippen LogP) is 2.77. The number of benzene rings is 1. The lowest BCUT2D eigenvalue weighted by atomic mass is 10.2. The monoisotopic (exact) mass is 247 g/mol. The fourth-order valence-electron chi connectivity index (χ4n) is 2.19. The van der Waals surface area contributed by atoms with E-state index in [1.165, 1.54) is 0 Å². The van der Waals surface area contributed by atoms with Crippen LogP contribution >= 0.6 is 0 Å². The highest BCUT2D eigenvalue weighted by Crippen LogP contribution is 2.28. The van der Waals surface area contributed by atoms with Crippen LogP contribution in [0.5, 0.6) is 5.75 Å². The molecule has 3 nitrogen and oxygen atoms in total. The number of rotatable bonds is 5. The molecule has 0 N–H and O–H groups in total. The van der Waals surface area contributed by atoms with Crippen molar-refractivity contribution in [2.24, 2.45) is 0 Å². The quantitative estimate of drug-likeness (QED) is 0.800. The van der Waals surface area contributed by atoms with E-state index in [4.69, 9.17) is 4.74 Å². The molecule has 0 saturated heterocycles. The Balaban J connectivity index is 1.91. The van der Waals surface area contributed by atoms with Gasteiger partial charge in [-0.25, -0.2) is 0 Å². The van der Waals surface area contributed by atoms with Crippen molar-refractivity contribution in [1.82, 2.24) is 4.90 Å². The molecule has 0 heterocycles. The molecule has 1 aliphatic carbocycles. The van der Waals surface area contributed by atoms with E-state index in [9.17, 15) is 4.79 Å². The molecule has 98 valence electrons. The van der Waals surface area contributed by atoms with Crippen LogP contribution < -0.4 is 4.74 Å². The van der Waals surface area contributed by atoms with Gasteiger partial charge >= 0.3 is 0 Å². The third-order valence-corrected chi connectivity index (χ3v) is 3.14. The van der Waals surface area contributed by atoms with Crippen LogP contribution in [-0.4, -0.2) is 29.5 Å². The molecule has 1 aliphatic rings. The Kier molecular flexibility index (Phi) is 3.90. The molecule has 0 bridgehead atoms. The largest absolute Gasteiger partial charge is 0.484 e. The average molecular weight is 247 g/mol. The molecule has 0 atom stereocenters. The molecule has 3 heteroatoms. The summed E-state index contributed by atoms with van der Waals surface area (Å²) in [5, 5.41) is 0. The van der Waals surface area contributed by atoms with E-state index in [-0.39, 0.29) is 18.6 Å². The van der Waals surface area contributed by atoms with E-state index < -0.39 is 0 Å². The molecule has 2 rings (SSSR count). The van der Waals surface area contributed by atoms with Crippen LogP contribution in [0.15, 0.2) is 24.3 Å². The average Bonchev–Trinajstić information content (AvgIpc) is 3.10. The lowest BCUT2D eigenvalue weighted by Crippen LogP contribution is -2.41. The molecule has 1 aromatic carbocycles. The van der Waals surface area contributed by atoms with Gasteiger partial charge in [0.2, 0.25) is 0 Å². The number of amides is 1. The van der Waals surface area contributed by atoms with Gasteiger partial charge in [0.25, 0.3) is 5.91 Å². The first kappa shape index (κ1) is 12.9. The normalized spacial score (nSPS) is 14.7. The lowest BCUT2D eigenvalue weighted by molar-refractivity contribution is -0.135. The third-order valence-electron chi connectivity index (χ3n) is 3.14. The summed E-state index contributed by atoms with van der Waals surface area (Å²) >= 11 is 0. The lowest BCUT2D eigenvalue weighted by Gasteiger charge is -2.26. The van der Waals surface area contributed by atoms with Crippen LogP contribution in [0.3, 0.4) is 0 Å². The van der Waals surface area contributed by atoms with Crippen molar-refractivity contribution in [3.63, 3.8) is 0 Å². The van der Waals surface area contributed by atoms with Gasteiger partial charge in [-0.15, -0.1) is 0 Å². The highest BCUT2D eigenvalue weighted by atomic mass is 16.5. The Hall–Kier alpha value is -1.51. The van der Waals surface area contributed by atoms with Gasteiger partial charge in [-0.05, 0) is 51.3 Å². The first-order valence-corrected chi connectivity index (χ1v) is 6.58. The maximum atomic E-state index is 12.1. The Morgan fingerprint density at radius 2 is 2.17 bits per heavy atom. The minimum atomic E-state index is 0.0917. The molecule has 18 heavy (non-hydrogen) atoms. The second-order valence-corrected chi connectivity index (χ2v) is 5.23. The van der Waals surface area contributed by atoms with Crippen molar-refractivity contribution in [2.75, 3.05) is 6.61 Å². The highest BCUT2D eigenvalue weighted by molar-refractivity contribution is 5.78. The summed E-state index contributed by atoms with van der Waals surface area (Å²) in [6, 6.07) is 8.49. The summed E-state index contributed by atoms with van der Waals surface area (Å²) in [5.74, 6) is 0.858. The molecule has 1 aromatic rings. The number of ether oxygens (including phenoxy) is 1. The summed E-state index contributed by atoms with van der Waals surface area (Å²) in [4.78, 5) is 14.1. The molecule has 1 amide bonds. The first-order chi connectivity index (χ1) is 8.58. The SMILES string of the molecule is Cc1cccc(OCC(=O)N(C(C)C)C2CC2)c1. The van der Waals surface area contributed by atoms with Gasteiger partial charge in [0, 0.05) is 12.1 Å². The van der Waals surface area contributed by atoms with Crippen molar-refractivity contribution in [1.29, 1.82) is 0 Å². The number of carbonyl (C=O) groups is 1. The molecule has 1 fully saturated rings. The smallest absolute Gasteiger partial charge is 0.260 e. The maximum absolute atomic E-state index is 12.1. The minimum absolute atomic E-state index is 0.0917. The number of hydrogen-bond donors (Lipinski definition) is 0. The number of hydrogen-bond acceptors (Lipinski definition) is 2. The molecule has 0 aromatic heterocycles. The standard InChI is InChI=1S/C15H21NO2/c1-11(2)16(13-7-8-13)15(17)10-18-14-6-4-5-12(3)9-14/h4-6,9,11,13H,7-8,10H2,1-3H3. The molecular weight excluding hydrogens is 226 g/mol. The Morgan fingerprint density at radius 3 is 2.72 bits per heavy atom. The number of carbonyl (C=O) groups excluding carboxylic acids is 1. The van der Waals surface area contributed by atoms with Crippen molar-refractivity contribution in [3.05, 3.63) is 29.8 Å². The second kappa shape index (κ2) is 5.42. The van der Waals surface area contributed by atoms with E-state index in [2.05, 4.69) is 13.8 Å². The molecular formula is C15H21NO2. The van der Waals surface area contributed by atoms with E-state index in [0.29, 0.717) is 6.04 Å². The third kappa shape index (κ3) is 3.25. The summed E-state index contributed by atoms with van der Waals surface area (Å²) in [7, 11) is 0. The van der Waals surface area contributed by atoms with Gasteiger partial charge in [0.05, 0.1) is 0 Å². The van der Waals surface area contributed by atoms with Crippen molar-refractivity contribution in [2.45, 2.75) is 45.7 Å². The van der Waals surface area contributed by atoms with Crippen molar-refractivity contribution in [3.8, 4) is 5.75 Å². The zero-order chi connectivity index (χ0) is 13.1. The summed E-state index contributed by atoms with van der Waals surface area (Å²) in [5.41, 5.74) is 1.14. The van der Waals surface area contributed by atoms with Gasteiger partial charge in [0.1, 0.15) is 5.75 Å². The summed E-state index contributed by atoms with van der Waals surface area (Å²) < 4.78 is 5.57. The minimum Gasteiger partial charge on any atom is -0.484 e. The van der Waals surface area contributed by atoms with Crippen molar-refractivity contribution >= 4 is 5.91 Å². The Bertz CT molecular complexity index is 422. The van der Waals surface area contributed by atoms with Crippen LogP contribution in [0.1, 0.15) is 32.3 Å². The van der Waals surface area contributed by atoms with E-state index in [1.807, 2.05) is 36.1 Å². The fourth-order valence-corrected chi connectivity index (χ4v) is 2.19. The zero-order valence-electron chi connectivity index (χ0n) is 11.3. The van der Waals surface area contributed by atoms with Crippen LogP contribution in [0, 0.1) is 6.92 Å².